The summed E-state index contributed by atoms with van der Waals surface area (Å²) in [5, 5.41) is 8.21. The molecule has 0 radical (unpaired) electrons. The SMILES string of the molecule is Cc1cncc(-c2cc3[nH]ncc3c(C3CCCCO3)n2)n1. The molecule has 1 fully saturated rings. The van der Waals surface area contributed by atoms with Crippen LogP contribution in [0.2, 0.25) is 0 Å². The van der Waals surface area contributed by atoms with E-state index >= 15 is 0 Å². The summed E-state index contributed by atoms with van der Waals surface area (Å²) in [5.74, 6) is 0. The van der Waals surface area contributed by atoms with Crippen molar-refractivity contribution in [1.82, 2.24) is 25.1 Å². The molecule has 0 aromatic carbocycles. The van der Waals surface area contributed by atoms with Gasteiger partial charge in [-0.2, -0.15) is 5.10 Å². The van der Waals surface area contributed by atoms with Crippen LogP contribution in [0.3, 0.4) is 0 Å². The van der Waals surface area contributed by atoms with Gasteiger partial charge in [0, 0.05) is 18.2 Å². The predicted molar refractivity (Wildman–Crippen MR) is 82.2 cm³/mol. The second-order valence-electron chi connectivity index (χ2n) is 5.62. The minimum atomic E-state index is 0.0339. The van der Waals surface area contributed by atoms with E-state index in [1.54, 1.807) is 12.4 Å². The van der Waals surface area contributed by atoms with Crippen LogP contribution >= 0.6 is 0 Å². The Balaban J connectivity index is 1.86. The van der Waals surface area contributed by atoms with E-state index in [1.165, 1.54) is 6.42 Å². The molecule has 4 rings (SSSR count). The molecule has 0 saturated carbocycles. The van der Waals surface area contributed by atoms with E-state index in [0.29, 0.717) is 0 Å². The number of nitrogens with zero attached hydrogens (tertiary/aromatic N) is 4. The van der Waals surface area contributed by atoms with Crippen LogP contribution in [-0.4, -0.2) is 31.8 Å². The Kier molecular flexibility index (Phi) is 3.31. The summed E-state index contributed by atoms with van der Waals surface area (Å²) < 4.78 is 5.92. The molecule has 3 aromatic heterocycles. The molecule has 0 aliphatic carbocycles. The van der Waals surface area contributed by atoms with E-state index in [2.05, 4.69) is 20.2 Å². The molecule has 1 N–H and O–H groups in total. The van der Waals surface area contributed by atoms with Crippen LogP contribution in [0.15, 0.2) is 24.7 Å². The van der Waals surface area contributed by atoms with Crippen molar-refractivity contribution in [2.24, 2.45) is 0 Å². The normalized spacial score (nSPS) is 18.7. The Morgan fingerprint density at radius 1 is 1.14 bits per heavy atom. The molecular formula is C16H17N5O. The van der Waals surface area contributed by atoms with Gasteiger partial charge in [0.15, 0.2) is 0 Å². The highest BCUT2D eigenvalue weighted by molar-refractivity contribution is 5.84. The number of nitrogens with one attached hydrogen (secondary N) is 1. The van der Waals surface area contributed by atoms with Gasteiger partial charge in [0.05, 0.1) is 35.0 Å². The molecule has 6 nitrogen and oxygen atoms in total. The number of hydrogen-bond acceptors (Lipinski definition) is 5. The lowest BCUT2D eigenvalue weighted by atomic mass is 10.0. The van der Waals surface area contributed by atoms with Crippen molar-refractivity contribution in [3.05, 3.63) is 36.0 Å². The highest BCUT2D eigenvalue weighted by Crippen LogP contribution is 2.32. The average molecular weight is 295 g/mol. The van der Waals surface area contributed by atoms with Crippen LogP contribution in [0, 0.1) is 6.92 Å². The number of H-pyrrole nitrogens is 1. The lowest BCUT2D eigenvalue weighted by molar-refractivity contribution is 0.0134. The van der Waals surface area contributed by atoms with Gasteiger partial charge in [-0.15, -0.1) is 0 Å². The van der Waals surface area contributed by atoms with Crippen molar-refractivity contribution in [2.75, 3.05) is 6.61 Å². The summed E-state index contributed by atoms with van der Waals surface area (Å²) in [6.45, 7) is 2.72. The number of aromatic amines is 1. The number of ether oxygens (including phenoxy) is 1. The second kappa shape index (κ2) is 5.46. The maximum atomic E-state index is 5.92. The quantitative estimate of drug-likeness (QED) is 0.786. The number of fused-ring (bicyclic) bond motifs is 1. The monoisotopic (exact) mass is 295 g/mol. The number of aromatic nitrogens is 5. The molecule has 22 heavy (non-hydrogen) atoms. The van der Waals surface area contributed by atoms with Crippen LogP contribution in [0.1, 0.15) is 36.8 Å². The Morgan fingerprint density at radius 3 is 2.91 bits per heavy atom. The third-order valence-electron chi connectivity index (χ3n) is 3.97. The van der Waals surface area contributed by atoms with Crippen LogP contribution in [0.25, 0.3) is 22.3 Å². The molecule has 0 amide bonds. The van der Waals surface area contributed by atoms with Crippen molar-refractivity contribution >= 4 is 10.9 Å². The second-order valence-corrected chi connectivity index (χ2v) is 5.62. The summed E-state index contributed by atoms with van der Waals surface area (Å²) in [6.07, 6.45) is 8.62. The molecule has 1 atom stereocenters. The van der Waals surface area contributed by atoms with Crippen molar-refractivity contribution in [3.8, 4) is 11.4 Å². The average Bonchev–Trinajstić information content (AvgIpc) is 3.03. The standard InChI is InChI=1S/C16H17N5O/c1-10-7-17-9-14(19-10)13-6-12-11(8-18-21-12)16(20-13)15-4-2-3-5-22-15/h6-9,15H,2-5H2,1H3,(H,18,21). The van der Waals surface area contributed by atoms with Crippen molar-refractivity contribution in [3.63, 3.8) is 0 Å². The van der Waals surface area contributed by atoms with Gasteiger partial charge in [-0.1, -0.05) is 0 Å². The summed E-state index contributed by atoms with van der Waals surface area (Å²) >= 11 is 0. The first kappa shape index (κ1) is 13.3. The molecule has 1 aliphatic heterocycles. The van der Waals surface area contributed by atoms with Gasteiger partial charge in [0.1, 0.15) is 11.8 Å². The number of aryl methyl sites for hydroxylation is 1. The smallest absolute Gasteiger partial charge is 0.107 e. The summed E-state index contributed by atoms with van der Waals surface area (Å²) in [6, 6.07) is 1.97. The highest BCUT2D eigenvalue weighted by atomic mass is 16.5. The fourth-order valence-electron chi connectivity index (χ4n) is 2.89. The lowest BCUT2D eigenvalue weighted by Crippen LogP contribution is -2.13. The molecule has 1 unspecified atom stereocenters. The molecule has 1 saturated heterocycles. The van der Waals surface area contributed by atoms with E-state index in [-0.39, 0.29) is 6.10 Å². The number of rotatable bonds is 2. The van der Waals surface area contributed by atoms with Crippen LogP contribution in [-0.2, 0) is 4.74 Å². The third-order valence-corrected chi connectivity index (χ3v) is 3.97. The third kappa shape index (κ3) is 2.35. The van der Waals surface area contributed by atoms with Crippen molar-refractivity contribution in [2.45, 2.75) is 32.3 Å². The Hall–Kier alpha value is -2.34. The first-order valence-corrected chi connectivity index (χ1v) is 7.56. The Morgan fingerprint density at radius 2 is 2.09 bits per heavy atom. The minimum absolute atomic E-state index is 0.0339. The summed E-state index contributed by atoms with van der Waals surface area (Å²) in [4.78, 5) is 13.6. The van der Waals surface area contributed by atoms with Gasteiger partial charge in [-0.25, -0.2) is 9.97 Å². The van der Waals surface area contributed by atoms with Crippen molar-refractivity contribution in [1.29, 1.82) is 0 Å². The van der Waals surface area contributed by atoms with Crippen LogP contribution in [0.5, 0.6) is 0 Å². The fraction of sp³-hybridized carbons (Fsp3) is 0.375. The zero-order valence-electron chi connectivity index (χ0n) is 12.4. The van der Waals surface area contributed by atoms with Gasteiger partial charge in [0.2, 0.25) is 0 Å². The van der Waals surface area contributed by atoms with Gasteiger partial charge in [-0.3, -0.25) is 10.1 Å². The van der Waals surface area contributed by atoms with Crippen LogP contribution in [0.4, 0.5) is 0 Å². The molecule has 6 heteroatoms. The van der Waals surface area contributed by atoms with Gasteiger partial charge >= 0.3 is 0 Å². The molecule has 1 aliphatic rings. The Labute approximate surface area is 128 Å². The van der Waals surface area contributed by atoms with Gasteiger partial charge < -0.3 is 4.74 Å². The maximum Gasteiger partial charge on any atom is 0.107 e. The largest absolute Gasteiger partial charge is 0.372 e. The highest BCUT2D eigenvalue weighted by Gasteiger charge is 2.22. The summed E-state index contributed by atoms with van der Waals surface area (Å²) in [5.41, 5.74) is 4.35. The number of pyridine rings is 1. The minimum Gasteiger partial charge on any atom is -0.372 e. The number of hydrogen-bond donors (Lipinski definition) is 1. The molecule has 0 spiro atoms. The predicted octanol–water partition coefficient (Wildman–Crippen LogP) is 2.96. The zero-order chi connectivity index (χ0) is 14.9. The molecule has 3 aromatic rings. The van der Waals surface area contributed by atoms with E-state index in [1.807, 2.05) is 19.2 Å². The van der Waals surface area contributed by atoms with Crippen molar-refractivity contribution < 1.29 is 4.74 Å². The Bertz CT molecular complexity index is 807. The molecule has 4 heterocycles. The fourth-order valence-corrected chi connectivity index (χ4v) is 2.89. The molecule has 0 bridgehead atoms. The van der Waals surface area contributed by atoms with E-state index in [4.69, 9.17) is 9.72 Å². The van der Waals surface area contributed by atoms with E-state index in [9.17, 15) is 0 Å². The first-order chi connectivity index (χ1) is 10.8. The lowest BCUT2D eigenvalue weighted by Gasteiger charge is -2.23. The van der Waals surface area contributed by atoms with E-state index < -0.39 is 0 Å². The zero-order valence-corrected chi connectivity index (χ0v) is 12.4. The molecular weight excluding hydrogens is 278 g/mol. The van der Waals surface area contributed by atoms with Gasteiger partial charge in [0.25, 0.3) is 0 Å². The van der Waals surface area contributed by atoms with E-state index in [0.717, 1.165) is 53.1 Å². The molecule has 112 valence electrons. The van der Waals surface area contributed by atoms with Crippen LogP contribution < -0.4 is 0 Å². The maximum absolute atomic E-state index is 5.92. The summed E-state index contributed by atoms with van der Waals surface area (Å²) in [7, 11) is 0. The first-order valence-electron chi connectivity index (χ1n) is 7.56. The van der Waals surface area contributed by atoms with Gasteiger partial charge in [-0.05, 0) is 32.3 Å². The topological polar surface area (TPSA) is 76.6 Å².